The molecule has 82 valence electrons. The normalized spacial score (nSPS) is 34.8. The van der Waals surface area contributed by atoms with E-state index in [0.29, 0.717) is 18.8 Å². The molecule has 3 atom stereocenters. The lowest BCUT2D eigenvalue weighted by Crippen LogP contribution is -2.71. The summed E-state index contributed by atoms with van der Waals surface area (Å²) in [6.07, 6.45) is 0.0386. The summed E-state index contributed by atoms with van der Waals surface area (Å²) >= 11 is 0. The number of rotatable bonds is 1. The summed E-state index contributed by atoms with van der Waals surface area (Å²) in [6, 6.07) is -0.732. The quantitative estimate of drug-likeness (QED) is 0.420. The molecule has 15 heavy (non-hydrogen) atoms. The van der Waals surface area contributed by atoms with Gasteiger partial charge in [-0.2, -0.15) is 0 Å². The first-order chi connectivity index (χ1) is 7.13. The number of hydrogen-bond donors (Lipinski definition) is 3. The molecule has 7 nitrogen and oxygen atoms in total. The van der Waals surface area contributed by atoms with Gasteiger partial charge >= 0.3 is 0 Å². The molecule has 2 aliphatic heterocycles. The summed E-state index contributed by atoms with van der Waals surface area (Å²) in [7, 11) is 0. The number of aliphatic imine (C=N–C) groups is 1. The van der Waals surface area contributed by atoms with E-state index in [9.17, 15) is 9.59 Å². The van der Waals surface area contributed by atoms with Gasteiger partial charge < -0.3 is 15.5 Å². The third-order valence-corrected chi connectivity index (χ3v) is 2.56. The third kappa shape index (κ3) is 1.54. The predicted molar refractivity (Wildman–Crippen MR) is 52.7 cm³/mol. The van der Waals surface area contributed by atoms with Crippen molar-refractivity contribution in [3.63, 3.8) is 0 Å². The molecule has 1 fully saturated rings. The molecule has 0 aliphatic carbocycles. The van der Waals surface area contributed by atoms with Crippen LogP contribution in [0.4, 0.5) is 0 Å². The van der Waals surface area contributed by atoms with Crippen LogP contribution in [-0.2, 0) is 9.59 Å². The van der Waals surface area contributed by atoms with E-state index in [1.165, 1.54) is 4.90 Å². The van der Waals surface area contributed by atoms with E-state index in [2.05, 4.69) is 15.6 Å². The number of nitrogens with one attached hydrogen (secondary N) is 2. The van der Waals surface area contributed by atoms with Crippen molar-refractivity contribution >= 4 is 18.2 Å². The van der Waals surface area contributed by atoms with Crippen molar-refractivity contribution in [2.45, 2.75) is 25.3 Å². The van der Waals surface area contributed by atoms with Crippen LogP contribution < -0.4 is 16.4 Å². The molecule has 0 saturated carbocycles. The van der Waals surface area contributed by atoms with Crippen LogP contribution in [-0.4, -0.2) is 48.0 Å². The minimum atomic E-state index is -0.661. The van der Waals surface area contributed by atoms with Crippen molar-refractivity contribution < 1.29 is 9.59 Å². The zero-order valence-electron chi connectivity index (χ0n) is 8.30. The maximum absolute atomic E-state index is 11.6. The van der Waals surface area contributed by atoms with E-state index < -0.39 is 12.3 Å². The largest absolute Gasteiger partial charge is 0.340 e. The Bertz CT molecular complexity index is 329. The van der Waals surface area contributed by atoms with E-state index in [1.807, 2.05) is 6.92 Å². The molecule has 2 unspecified atom stereocenters. The van der Waals surface area contributed by atoms with Gasteiger partial charge in [-0.05, 0) is 6.92 Å². The number of amides is 2. The SMILES string of the molecule is C[C@@H]1CN=C2NC(N)NC(=O)C2N1C=O. The summed E-state index contributed by atoms with van der Waals surface area (Å²) in [6.45, 7) is 2.33. The highest BCUT2D eigenvalue weighted by molar-refractivity contribution is 6.10. The minimum absolute atomic E-state index is 0.0712. The van der Waals surface area contributed by atoms with Gasteiger partial charge in [0, 0.05) is 6.04 Å². The van der Waals surface area contributed by atoms with Crippen LogP contribution in [0.2, 0.25) is 0 Å². The molecule has 7 heteroatoms. The van der Waals surface area contributed by atoms with Crippen LogP contribution in [0.3, 0.4) is 0 Å². The molecular weight excluding hydrogens is 198 g/mol. The number of carbonyl (C=O) groups is 2. The topological polar surface area (TPSA) is 99.8 Å². The van der Waals surface area contributed by atoms with Crippen LogP contribution >= 0.6 is 0 Å². The fourth-order valence-corrected chi connectivity index (χ4v) is 1.78. The van der Waals surface area contributed by atoms with Crippen LogP contribution in [0.1, 0.15) is 6.92 Å². The van der Waals surface area contributed by atoms with Gasteiger partial charge in [-0.3, -0.25) is 20.3 Å². The molecule has 0 aromatic rings. The van der Waals surface area contributed by atoms with Gasteiger partial charge in [0.2, 0.25) is 6.41 Å². The second-order valence-corrected chi connectivity index (χ2v) is 3.66. The predicted octanol–water partition coefficient (Wildman–Crippen LogP) is -2.42. The van der Waals surface area contributed by atoms with Gasteiger partial charge in [0.25, 0.3) is 5.91 Å². The Balaban J connectivity index is 2.31. The molecule has 0 aromatic heterocycles. The lowest BCUT2D eigenvalue weighted by atomic mass is 10.1. The van der Waals surface area contributed by atoms with Gasteiger partial charge in [0.15, 0.2) is 12.3 Å². The molecule has 0 spiro atoms. The maximum Gasteiger partial charge on any atom is 0.253 e. The Kier molecular flexibility index (Phi) is 2.31. The number of nitrogens with zero attached hydrogens (tertiary/aromatic N) is 2. The summed E-state index contributed by atoms with van der Waals surface area (Å²) in [5.74, 6) is 0.176. The lowest BCUT2D eigenvalue weighted by molar-refractivity contribution is -0.133. The molecule has 0 bridgehead atoms. The second-order valence-electron chi connectivity index (χ2n) is 3.66. The first kappa shape index (κ1) is 9.91. The van der Waals surface area contributed by atoms with Crippen molar-refractivity contribution in [1.29, 1.82) is 0 Å². The summed E-state index contributed by atoms with van der Waals surface area (Å²) in [4.78, 5) is 28.2. The van der Waals surface area contributed by atoms with E-state index in [0.717, 1.165) is 0 Å². The van der Waals surface area contributed by atoms with E-state index in [-0.39, 0.29) is 11.9 Å². The zero-order chi connectivity index (χ0) is 11.0. The molecule has 0 radical (unpaired) electrons. The Hall–Kier alpha value is -1.63. The Morgan fingerprint density at radius 1 is 1.60 bits per heavy atom. The van der Waals surface area contributed by atoms with E-state index in [1.54, 1.807) is 0 Å². The van der Waals surface area contributed by atoms with Crippen molar-refractivity contribution in [1.82, 2.24) is 15.5 Å². The fraction of sp³-hybridized carbons (Fsp3) is 0.625. The fourth-order valence-electron chi connectivity index (χ4n) is 1.78. The van der Waals surface area contributed by atoms with E-state index >= 15 is 0 Å². The standard InChI is InChI=1S/C8H13N5O2/c1-4-2-10-6-5(13(4)3-14)7(15)12-8(9)11-6/h3-5,8H,2,9H2,1H3,(H,10,11)(H,12,15)/t4-,5?,8?/m1/s1. The molecular formula is C8H13N5O2. The Morgan fingerprint density at radius 2 is 2.33 bits per heavy atom. The maximum atomic E-state index is 11.6. The van der Waals surface area contributed by atoms with Crippen molar-refractivity contribution in [2.24, 2.45) is 10.7 Å². The highest BCUT2D eigenvalue weighted by atomic mass is 16.2. The van der Waals surface area contributed by atoms with Gasteiger partial charge in [0.1, 0.15) is 5.84 Å². The molecule has 1 saturated heterocycles. The monoisotopic (exact) mass is 211 g/mol. The number of amidine groups is 1. The highest BCUT2D eigenvalue weighted by Gasteiger charge is 2.40. The molecule has 4 N–H and O–H groups in total. The van der Waals surface area contributed by atoms with Crippen LogP contribution in [0, 0.1) is 0 Å². The van der Waals surface area contributed by atoms with Crippen molar-refractivity contribution in [2.75, 3.05) is 6.54 Å². The third-order valence-electron chi connectivity index (χ3n) is 2.56. The lowest BCUT2D eigenvalue weighted by Gasteiger charge is -2.40. The zero-order valence-corrected chi connectivity index (χ0v) is 8.30. The van der Waals surface area contributed by atoms with Crippen LogP contribution in [0.15, 0.2) is 4.99 Å². The molecule has 2 aliphatic rings. The van der Waals surface area contributed by atoms with Crippen LogP contribution in [0.5, 0.6) is 0 Å². The number of hydrogen-bond acceptors (Lipinski definition) is 5. The van der Waals surface area contributed by atoms with Crippen molar-refractivity contribution in [3.8, 4) is 0 Å². The van der Waals surface area contributed by atoms with Crippen LogP contribution in [0.25, 0.3) is 0 Å². The van der Waals surface area contributed by atoms with Gasteiger partial charge in [0.05, 0.1) is 6.54 Å². The number of fused-ring (bicyclic) bond motifs is 1. The average molecular weight is 211 g/mol. The molecule has 2 rings (SSSR count). The summed E-state index contributed by atoms with van der Waals surface area (Å²) in [5, 5.41) is 5.34. The highest BCUT2D eigenvalue weighted by Crippen LogP contribution is 2.13. The van der Waals surface area contributed by atoms with Crippen molar-refractivity contribution in [3.05, 3.63) is 0 Å². The van der Waals surface area contributed by atoms with Gasteiger partial charge in [-0.15, -0.1) is 0 Å². The summed E-state index contributed by atoms with van der Waals surface area (Å²) in [5.41, 5.74) is 5.52. The number of nitrogens with two attached hydrogens (primary N) is 1. The summed E-state index contributed by atoms with van der Waals surface area (Å²) < 4.78 is 0. The average Bonchev–Trinajstić information content (AvgIpc) is 2.18. The first-order valence-corrected chi connectivity index (χ1v) is 4.73. The first-order valence-electron chi connectivity index (χ1n) is 4.73. The molecule has 2 amide bonds. The Labute approximate surface area is 86.7 Å². The number of carbonyl (C=O) groups excluding carboxylic acids is 2. The van der Waals surface area contributed by atoms with Gasteiger partial charge in [-0.1, -0.05) is 0 Å². The Morgan fingerprint density at radius 3 is 3.00 bits per heavy atom. The molecule has 0 aromatic carbocycles. The minimum Gasteiger partial charge on any atom is -0.340 e. The molecule has 2 heterocycles. The van der Waals surface area contributed by atoms with Gasteiger partial charge in [-0.25, -0.2) is 0 Å². The second kappa shape index (κ2) is 3.50. The smallest absolute Gasteiger partial charge is 0.253 e. The van der Waals surface area contributed by atoms with E-state index in [4.69, 9.17) is 5.73 Å².